The lowest BCUT2D eigenvalue weighted by Gasteiger charge is -2.24. The molecule has 7 nitrogen and oxygen atoms in total. The van der Waals surface area contributed by atoms with Crippen molar-refractivity contribution in [3.63, 3.8) is 0 Å². The van der Waals surface area contributed by atoms with E-state index in [0.29, 0.717) is 5.69 Å². The lowest BCUT2D eigenvalue weighted by molar-refractivity contribution is -0.387. The fourth-order valence-corrected chi connectivity index (χ4v) is 3.68. The quantitative estimate of drug-likeness (QED) is 0.604. The van der Waals surface area contributed by atoms with Crippen molar-refractivity contribution in [1.82, 2.24) is 4.90 Å². The highest BCUT2D eigenvalue weighted by molar-refractivity contribution is 7.90. The second kappa shape index (κ2) is 7.27. The van der Waals surface area contributed by atoms with Gasteiger partial charge in [0.15, 0.2) is 9.84 Å². The summed E-state index contributed by atoms with van der Waals surface area (Å²) in [6, 6.07) is 4.38. The lowest BCUT2D eigenvalue weighted by atomic mass is 10.2. The van der Waals surface area contributed by atoms with Crippen molar-refractivity contribution < 1.29 is 13.3 Å². The van der Waals surface area contributed by atoms with E-state index >= 15 is 0 Å². The van der Waals surface area contributed by atoms with Crippen LogP contribution in [0.4, 0.5) is 11.4 Å². The number of hydrogen-bond acceptors (Lipinski definition) is 6. The van der Waals surface area contributed by atoms with E-state index in [1.807, 2.05) is 0 Å². The Labute approximate surface area is 136 Å². The number of anilines is 1. The SMILES string of the molecule is CC[C@@H](CN1CCCC1)Nc1ccc(S(C)(=O)=O)c([N+](=O)[O-])c1. The molecule has 1 aliphatic rings. The number of nitro benzene ring substituents is 1. The molecule has 8 heteroatoms. The molecule has 1 fully saturated rings. The Morgan fingerprint density at radius 3 is 2.52 bits per heavy atom. The number of sulfone groups is 1. The summed E-state index contributed by atoms with van der Waals surface area (Å²) in [4.78, 5) is 12.6. The molecule has 0 bridgehead atoms. The number of nitrogens with zero attached hydrogens (tertiary/aromatic N) is 2. The number of likely N-dealkylation sites (tertiary alicyclic amines) is 1. The predicted octanol–water partition coefficient (Wildman–Crippen LogP) is 2.28. The van der Waals surface area contributed by atoms with Crippen molar-refractivity contribution in [2.45, 2.75) is 37.1 Å². The van der Waals surface area contributed by atoms with Crippen LogP contribution in [-0.2, 0) is 9.84 Å². The zero-order valence-corrected chi connectivity index (χ0v) is 14.3. The molecule has 1 N–H and O–H groups in total. The van der Waals surface area contributed by atoms with Gasteiger partial charge in [0.2, 0.25) is 0 Å². The van der Waals surface area contributed by atoms with Crippen molar-refractivity contribution >= 4 is 21.2 Å². The molecule has 1 atom stereocenters. The third-order valence-electron chi connectivity index (χ3n) is 4.10. The Balaban J connectivity index is 2.18. The van der Waals surface area contributed by atoms with E-state index in [9.17, 15) is 18.5 Å². The van der Waals surface area contributed by atoms with Crippen LogP contribution >= 0.6 is 0 Å². The molecule has 1 aliphatic heterocycles. The summed E-state index contributed by atoms with van der Waals surface area (Å²) >= 11 is 0. The Morgan fingerprint density at radius 1 is 1.35 bits per heavy atom. The van der Waals surface area contributed by atoms with Crippen molar-refractivity contribution in [3.8, 4) is 0 Å². The van der Waals surface area contributed by atoms with E-state index in [-0.39, 0.29) is 16.6 Å². The van der Waals surface area contributed by atoms with Crippen LogP contribution in [0, 0.1) is 10.1 Å². The Morgan fingerprint density at radius 2 is 2.00 bits per heavy atom. The van der Waals surface area contributed by atoms with Crippen LogP contribution in [0.3, 0.4) is 0 Å². The molecule has 1 aromatic carbocycles. The topological polar surface area (TPSA) is 92.6 Å². The first-order valence-electron chi connectivity index (χ1n) is 7.78. The van der Waals surface area contributed by atoms with Crippen LogP contribution < -0.4 is 5.32 Å². The van der Waals surface area contributed by atoms with Crippen molar-refractivity contribution in [1.29, 1.82) is 0 Å². The van der Waals surface area contributed by atoms with Gasteiger partial charge >= 0.3 is 0 Å². The minimum absolute atomic E-state index is 0.178. The normalized spacial score (nSPS) is 17.1. The zero-order valence-electron chi connectivity index (χ0n) is 13.5. The van der Waals surface area contributed by atoms with Gasteiger partial charge in [-0.3, -0.25) is 10.1 Å². The summed E-state index contributed by atoms with van der Waals surface area (Å²) in [7, 11) is -3.63. The van der Waals surface area contributed by atoms with Gasteiger partial charge in [-0.25, -0.2) is 8.42 Å². The maximum absolute atomic E-state index is 11.6. The summed E-state index contributed by atoms with van der Waals surface area (Å²) < 4.78 is 23.3. The highest BCUT2D eigenvalue weighted by Crippen LogP contribution is 2.27. The molecule has 0 saturated carbocycles. The first-order valence-corrected chi connectivity index (χ1v) is 9.67. The van der Waals surface area contributed by atoms with E-state index < -0.39 is 14.8 Å². The van der Waals surface area contributed by atoms with Crippen LogP contribution in [0.2, 0.25) is 0 Å². The molecule has 0 aromatic heterocycles. The van der Waals surface area contributed by atoms with Gasteiger partial charge in [0.25, 0.3) is 5.69 Å². The molecule has 1 saturated heterocycles. The number of nitro groups is 1. The molecule has 0 spiro atoms. The highest BCUT2D eigenvalue weighted by Gasteiger charge is 2.23. The summed E-state index contributed by atoms with van der Waals surface area (Å²) in [5.41, 5.74) is 0.198. The lowest BCUT2D eigenvalue weighted by Crippen LogP contribution is -2.34. The van der Waals surface area contributed by atoms with Gasteiger partial charge in [-0.2, -0.15) is 0 Å². The second-order valence-corrected chi connectivity index (χ2v) is 7.95. The number of nitrogens with one attached hydrogen (secondary N) is 1. The van der Waals surface area contributed by atoms with Gasteiger partial charge in [0.1, 0.15) is 4.90 Å². The van der Waals surface area contributed by atoms with E-state index in [2.05, 4.69) is 17.1 Å². The molecule has 0 radical (unpaired) electrons. The largest absolute Gasteiger partial charge is 0.381 e. The molecule has 0 aliphatic carbocycles. The summed E-state index contributed by atoms with van der Waals surface area (Å²) in [5.74, 6) is 0. The second-order valence-electron chi connectivity index (χ2n) is 5.97. The molecular weight excluding hydrogens is 318 g/mol. The standard InChI is InChI=1S/C15H23N3O4S/c1-3-12(11-17-8-4-5-9-17)16-13-6-7-15(23(2,21)22)14(10-13)18(19)20/h6-7,10,12,16H,3-5,8-9,11H2,1-2H3/t12-/m0/s1. The fourth-order valence-electron chi connectivity index (χ4n) is 2.85. The third-order valence-corrected chi connectivity index (χ3v) is 5.24. The highest BCUT2D eigenvalue weighted by atomic mass is 32.2. The van der Waals surface area contributed by atoms with Gasteiger partial charge in [-0.1, -0.05) is 6.92 Å². The van der Waals surface area contributed by atoms with Crippen molar-refractivity contribution in [2.75, 3.05) is 31.2 Å². The van der Waals surface area contributed by atoms with Crippen LogP contribution in [0.15, 0.2) is 23.1 Å². The zero-order chi connectivity index (χ0) is 17.0. The van der Waals surface area contributed by atoms with E-state index in [1.165, 1.54) is 25.0 Å². The van der Waals surface area contributed by atoms with Crippen LogP contribution in [0.25, 0.3) is 0 Å². The number of hydrogen-bond donors (Lipinski definition) is 1. The van der Waals surface area contributed by atoms with Crippen molar-refractivity contribution in [3.05, 3.63) is 28.3 Å². The first kappa shape index (κ1) is 17.7. The molecule has 2 rings (SSSR count). The Bertz CT molecular complexity index is 669. The van der Waals surface area contributed by atoms with E-state index in [1.54, 1.807) is 6.07 Å². The minimum atomic E-state index is -3.63. The molecule has 1 aromatic rings. The number of rotatable bonds is 7. The molecule has 1 heterocycles. The summed E-state index contributed by atoms with van der Waals surface area (Å²) in [6.07, 6.45) is 4.29. The third kappa shape index (κ3) is 4.65. The minimum Gasteiger partial charge on any atom is -0.381 e. The summed E-state index contributed by atoms with van der Waals surface area (Å²) in [6.45, 7) is 5.13. The molecule has 0 unspecified atom stereocenters. The van der Waals surface area contributed by atoms with Gasteiger partial charge in [0, 0.05) is 30.6 Å². The average Bonchev–Trinajstić information content (AvgIpc) is 2.98. The number of benzene rings is 1. The van der Waals surface area contributed by atoms with E-state index in [4.69, 9.17) is 0 Å². The monoisotopic (exact) mass is 341 g/mol. The summed E-state index contributed by atoms with van der Waals surface area (Å²) in [5, 5.41) is 14.4. The van der Waals surface area contributed by atoms with Crippen LogP contribution in [0.1, 0.15) is 26.2 Å². The van der Waals surface area contributed by atoms with Crippen LogP contribution in [0.5, 0.6) is 0 Å². The fraction of sp³-hybridized carbons (Fsp3) is 0.600. The Hall–Kier alpha value is -1.67. The van der Waals surface area contributed by atoms with Gasteiger partial charge in [0.05, 0.1) is 4.92 Å². The molecular formula is C15H23N3O4S. The molecule has 0 amide bonds. The molecule has 23 heavy (non-hydrogen) atoms. The molecule has 128 valence electrons. The first-order chi connectivity index (χ1) is 10.8. The van der Waals surface area contributed by atoms with Crippen molar-refractivity contribution in [2.24, 2.45) is 0 Å². The van der Waals surface area contributed by atoms with E-state index in [0.717, 1.165) is 32.3 Å². The Kier molecular flexibility index (Phi) is 5.59. The predicted molar refractivity (Wildman–Crippen MR) is 89.6 cm³/mol. The average molecular weight is 341 g/mol. The van der Waals surface area contributed by atoms with Gasteiger partial charge in [-0.05, 0) is 44.5 Å². The maximum Gasteiger partial charge on any atom is 0.290 e. The van der Waals surface area contributed by atoms with Gasteiger partial charge in [-0.15, -0.1) is 0 Å². The van der Waals surface area contributed by atoms with Crippen LogP contribution in [-0.4, -0.2) is 50.2 Å². The maximum atomic E-state index is 11.6. The smallest absolute Gasteiger partial charge is 0.290 e. The van der Waals surface area contributed by atoms with Gasteiger partial charge < -0.3 is 10.2 Å².